The van der Waals surface area contributed by atoms with Crippen LogP contribution >= 0.6 is 0 Å². The van der Waals surface area contributed by atoms with E-state index >= 15 is 0 Å². The lowest BCUT2D eigenvalue weighted by Crippen LogP contribution is -2.15. The van der Waals surface area contributed by atoms with Gasteiger partial charge in [-0.05, 0) is 24.0 Å². The average Bonchev–Trinajstić information content (AvgIpc) is 2.38. The third-order valence-corrected chi connectivity index (χ3v) is 3.14. The molecular formula is C14H11BF4O. The Morgan fingerprint density at radius 1 is 0.900 bits per heavy atom. The Bertz CT molecular complexity index is 686. The maximum atomic E-state index is 14.0. The van der Waals surface area contributed by atoms with Crippen LogP contribution in [0.2, 0.25) is 0 Å². The van der Waals surface area contributed by atoms with Crippen molar-refractivity contribution in [1.29, 1.82) is 0 Å². The Kier molecular flexibility index (Phi) is 3.75. The smallest absolute Gasteiger partial charge is 0.148 e. The van der Waals surface area contributed by atoms with Gasteiger partial charge in [0.05, 0.1) is 12.7 Å². The van der Waals surface area contributed by atoms with Gasteiger partial charge in [0.25, 0.3) is 0 Å². The molecule has 0 aliphatic rings. The molecule has 2 aromatic rings. The molecule has 2 rings (SSSR count). The fourth-order valence-corrected chi connectivity index (χ4v) is 2.05. The first-order valence-corrected chi connectivity index (χ1v) is 5.85. The van der Waals surface area contributed by atoms with Crippen molar-refractivity contribution in [3.63, 3.8) is 0 Å². The van der Waals surface area contributed by atoms with Crippen molar-refractivity contribution in [3.8, 4) is 16.9 Å². The summed E-state index contributed by atoms with van der Waals surface area (Å²) >= 11 is 0. The maximum Gasteiger partial charge on any atom is 0.148 e. The lowest BCUT2D eigenvalue weighted by atomic mass is 9.89. The highest BCUT2D eigenvalue weighted by atomic mass is 19.1. The van der Waals surface area contributed by atoms with Crippen LogP contribution in [0.4, 0.5) is 17.6 Å². The van der Waals surface area contributed by atoms with Gasteiger partial charge in [-0.2, -0.15) is 0 Å². The van der Waals surface area contributed by atoms with E-state index in [1.54, 1.807) is 0 Å². The second kappa shape index (κ2) is 5.19. The van der Waals surface area contributed by atoms with Crippen molar-refractivity contribution >= 4 is 13.3 Å². The van der Waals surface area contributed by atoms with E-state index in [4.69, 9.17) is 4.74 Å². The number of methoxy groups -OCH3 is 1. The monoisotopic (exact) mass is 282 g/mol. The molecule has 0 bridgehead atoms. The summed E-state index contributed by atoms with van der Waals surface area (Å²) in [5, 5.41) is 0. The largest absolute Gasteiger partial charge is 0.496 e. The summed E-state index contributed by atoms with van der Waals surface area (Å²) in [5.74, 6) is -3.52. The number of hydrogen-bond donors (Lipinski definition) is 0. The van der Waals surface area contributed by atoms with Crippen molar-refractivity contribution in [2.45, 2.75) is 6.92 Å². The fourth-order valence-electron chi connectivity index (χ4n) is 2.05. The average molecular weight is 282 g/mol. The maximum absolute atomic E-state index is 14.0. The first-order valence-electron chi connectivity index (χ1n) is 5.85. The van der Waals surface area contributed by atoms with Gasteiger partial charge in [-0.15, -0.1) is 0 Å². The van der Waals surface area contributed by atoms with Crippen LogP contribution in [0.25, 0.3) is 11.1 Å². The van der Waals surface area contributed by atoms with Crippen LogP contribution in [-0.2, 0) is 0 Å². The first kappa shape index (κ1) is 14.4. The Balaban J connectivity index is 2.82. The quantitative estimate of drug-likeness (QED) is 0.607. The molecule has 0 aliphatic heterocycles. The number of benzene rings is 2. The number of aryl methyl sites for hydroxylation is 1. The zero-order valence-corrected chi connectivity index (χ0v) is 11.2. The molecule has 0 amide bonds. The van der Waals surface area contributed by atoms with Gasteiger partial charge in [0.1, 0.15) is 36.9 Å². The zero-order valence-electron chi connectivity index (χ0n) is 11.2. The van der Waals surface area contributed by atoms with Crippen LogP contribution < -0.4 is 10.2 Å². The first-order chi connectivity index (χ1) is 9.36. The molecule has 0 aromatic heterocycles. The van der Waals surface area contributed by atoms with Crippen LogP contribution in [-0.4, -0.2) is 15.0 Å². The number of ether oxygens (including phenoxy) is 1. The molecule has 0 saturated carbocycles. The summed E-state index contributed by atoms with van der Waals surface area (Å²) in [6.45, 7) is 1.43. The van der Waals surface area contributed by atoms with Gasteiger partial charge in [-0.1, -0.05) is 0 Å². The van der Waals surface area contributed by atoms with E-state index in [1.807, 2.05) is 0 Å². The SMILES string of the molecule is Bc1c(F)cc(F)c(-c2cc(C)c(F)cc2F)c1OC. The number of rotatable bonds is 2. The molecular weight excluding hydrogens is 271 g/mol. The molecule has 2 aromatic carbocycles. The van der Waals surface area contributed by atoms with Gasteiger partial charge >= 0.3 is 0 Å². The zero-order chi connectivity index (χ0) is 15.0. The van der Waals surface area contributed by atoms with E-state index in [2.05, 4.69) is 0 Å². The molecule has 0 aliphatic carbocycles. The summed E-state index contributed by atoms with van der Waals surface area (Å²) in [4.78, 5) is 0. The predicted octanol–water partition coefficient (Wildman–Crippen LogP) is 2.49. The molecule has 0 saturated heterocycles. The molecule has 0 atom stereocenters. The summed E-state index contributed by atoms with van der Waals surface area (Å²) in [6, 6.07) is 2.50. The lowest BCUT2D eigenvalue weighted by molar-refractivity contribution is 0.413. The Morgan fingerprint density at radius 2 is 1.50 bits per heavy atom. The van der Waals surface area contributed by atoms with Crippen molar-refractivity contribution < 1.29 is 22.3 Å². The summed E-state index contributed by atoms with van der Waals surface area (Å²) < 4.78 is 59.6. The minimum absolute atomic E-state index is 0.0604. The highest BCUT2D eigenvalue weighted by molar-refractivity contribution is 6.35. The van der Waals surface area contributed by atoms with E-state index in [9.17, 15) is 17.6 Å². The summed E-state index contributed by atoms with van der Waals surface area (Å²) in [6.07, 6.45) is 0. The van der Waals surface area contributed by atoms with Crippen molar-refractivity contribution in [2.75, 3.05) is 7.11 Å². The normalized spacial score (nSPS) is 10.7. The topological polar surface area (TPSA) is 9.23 Å². The van der Waals surface area contributed by atoms with Crippen LogP contribution in [0.3, 0.4) is 0 Å². The lowest BCUT2D eigenvalue weighted by Gasteiger charge is -2.15. The van der Waals surface area contributed by atoms with Crippen molar-refractivity contribution in [2.24, 2.45) is 0 Å². The van der Waals surface area contributed by atoms with Crippen molar-refractivity contribution in [1.82, 2.24) is 0 Å². The molecule has 0 radical (unpaired) electrons. The Hall–Kier alpha value is -1.98. The molecule has 0 fully saturated rings. The molecule has 0 spiro atoms. The fraction of sp³-hybridized carbons (Fsp3) is 0.143. The molecule has 1 nitrogen and oxygen atoms in total. The summed E-state index contributed by atoms with van der Waals surface area (Å²) in [5.41, 5.74) is -0.163. The van der Waals surface area contributed by atoms with E-state index in [-0.39, 0.29) is 27.9 Å². The third-order valence-electron chi connectivity index (χ3n) is 3.14. The molecule has 20 heavy (non-hydrogen) atoms. The van der Waals surface area contributed by atoms with Crippen molar-refractivity contribution in [3.05, 3.63) is 47.0 Å². The standard InChI is InChI=1S/C14H11BF4O/c1-6-3-7(9(17)4-8(6)16)12-10(18)5-11(19)13(15)14(12)20-2/h3-5H,15H2,1-2H3. The van der Waals surface area contributed by atoms with Crippen LogP contribution in [0.1, 0.15) is 5.56 Å². The molecule has 0 N–H and O–H groups in total. The summed E-state index contributed by atoms with van der Waals surface area (Å²) in [7, 11) is 2.63. The minimum atomic E-state index is -0.963. The van der Waals surface area contributed by atoms with Gasteiger partial charge in [-0.3, -0.25) is 0 Å². The minimum Gasteiger partial charge on any atom is -0.496 e. The van der Waals surface area contributed by atoms with E-state index in [1.165, 1.54) is 27.9 Å². The molecule has 6 heteroatoms. The third kappa shape index (κ3) is 2.26. The van der Waals surface area contributed by atoms with Gasteiger partial charge in [0.15, 0.2) is 0 Å². The highest BCUT2D eigenvalue weighted by Gasteiger charge is 2.21. The van der Waals surface area contributed by atoms with Crippen LogP contribution in [0.15, 0.2) is 18.2 Å². The van der Waals surface area contributed by atoms with Gasteiger partial charge in [0, 0.05) is 17.7 Å². The van der Waals surface area contributed by atoms with Gasteiger partial charge in [-0.25, -0.2) is 17.6 Å². The van der Waals surface area contributed by atoms with Gasteiger partial charge in [0.2, 0.25) is 0 Å². The molecule has 104 valence electrons. The van der Waals surface area contributed by atoms with Crippen LogP contribution in [0, 0.1) is 30.2 Å². The highest BCUT2D eigenvalue weighted by Crippen LogP contribution is 2.34. The Morgan fingerprint density at radius 3 is 2.10 bits per heavy atom. The van der Waals surface area contributed by atoms with E-state index in [0.29, 0.717) is 12.1 Å². The predicted molar refractivity (Wildman–Crippen MR) is 71.2 cm³/mol. The van der Waals surface area contributed by atoms with Gasteiger partial charge < -0.3 is 4.74 Å². The number of hydrogen-bond acceptors (Lipinski definition) is 1. The second-order valence-corrected chi connectivity index (χ2v) is 4.45. The molecule has 0 heterocycles. The number of halogens is 4. The van der Waals surface area contributed by atoms with Crippen LogP contribution in [0.5, 0.6) is 5.75 Å². The van der Waals surface area contributed by atoms with E-state index < -0.39 is 23.3 Å². The van der Waals surface area contributed by atoms with E-state index in [0.717, 1.165) is 0 Å². The Labute approximate surface area is 114 Å². The second-order valence-electron chi connectivity index (χ2n) is 4.45. The molecule has 0 unspecified atom stereocenters.